The molecule has 0 heterocycles. The molecule has 0 amide bonds. The maximum atomic E-state index is 11.3. The lowest BCUT2D eigenvalue weighted by molar-refractivity contribution is -0.148. The third-order valence-electron chi connectivity index (χ3n) is 2.23. The lowest BCUT2D eigenvalue weighted by atomic mass is 10.3. The number of hydrogen-bond donors (Lipinski definition) is 1. The fourth-order valence-electron chi connectivity index (χ4n) is 1.29. The molecule has 0 spiro atoms. The van der Waals surface area contributed by atoms with Crippen molar-refractivity contribution in [3.8, 4) is 5.75 Å². The fraction of sp³-hybridized carbons (Fsp3) is 0.385. The molecule has 2 N–H and O–H groups in total. The van der Waals surface area contributed by atoms with Crippen LogP contribution in [0.3, 0.4) is 0 Å². The second kappa shape index (κ2) is 7.97. The summed E-state index contributed by atoms with van der Waals surface area (Å²) in [6, 6.07) is 6.76. The van der Waals surface area contributed by atoms with E-state index in [2.05, 4.69) is 4.74 Å². The Labute approximate surface area is 111 Å². The first kappa shape index (κ1) is 14.8. The van der Waals surface area contributed by atoms with E-state index in [9.17, 15) is 9.59 Å². The van der Waals surface area contributed by atoms with E-state index in [0.717, 1.165) is 0 Å². The maximum Gasteiger partial charge on any atom is 0.344 e. The first-order valence-corrected chi connectivity index (χ1v) is 5.82. The third kappa shape index (κ3) is 6.30. The maximum absolute atomic E-state index is 11.3. The summed E-state index contributed by atoms with van der Waals surface area (Å²) in [5, 5.41) is 0. The largest absolute Gasteiger partial charge is 0.482 e. The molecule has 104 valence electrons. The molecule has 1 aromatic carbocycles. The number of ether oxygens (including phenoxy) is 3. The first-order chi connectivity index (χ1) is 9.11. The Hall–Kier alpha value is -2.24. The minimum absolute atomic E-state index is 0.161. The van der Waals surface area contributed by atoms with Crippen LogP contribution < -0.4 is 10.5 Å². The van der Waals surface area contributed by atoms with Gasteiger partial charge in [-0.1, -0.05) is 6.07 Å². The van der Waals surface area contributed by atoms with Crippen LogP contribution in [0.5, 0.6) is 5.75 Å². The summed E-state index contributed by atoms with van der Waals surface area (Å²) in [5.41, 5.74) is 6.12. The summed E-state index contributed by atoms with van der Waals surface area (Å²) in [6.07, 6.45) is 0.649. The molecule has 0 aromatic heterocycles. The van der Waals surface area contributed by atoms with Gasteiger partial charge >= 0.3 is 11.9 Å². The topological polar surface area (TPSA) is 87.8 Å². The van der Waals surface area contributed by atoms with Crippen molar-refractivity contribution in [2.75, 3.05) is 26.1 Å². The average Bonchev–Trinajstić information content (AvgIpc) is 2.41. The van der Waals surface area contributed by atoms with Gasteiger partial charge in [-0.05, 0) is 18.6 Å². The Morgan fingerprint density at radius 1 is 1.26 bits per heavy atom. The summed E-state index contributed by atoms with van der Waals surface area (Å²) in [6.45, 7) is -0.0318. The Balaban J connectivity index is 2.16. The van der Waals surface area contributed by atoms with Gasteiger partial charge in [0, 0.05) is 18.2 Å². The lowest BCUT2D eigenvalue weighted by Gasteiger charge is -2.07. The number of carbonyl (C=O) groups excluding carboxylic acids is 2. The van der Waals surface area contributed by atoms with Crippen LogP contribution in [0.1, 0.15) is 12.8 Å². The molecular weight excluding hydrogens is 250 g/mol. The Morgan fingerprint density at radius 3 is 2.74 bits per heavy atom. The summed E-state index contributed by atoms with van der Waals surface area (Å²) < 4.78 is 14.5. The zero-order valence-corrected chi connectivity index (χ0v) is 10.8. The van der Waals surface area contributed by atoms with Gasteiger partial charge < -0.3 is 19.9 Å². The van der Waals surface area contributed by atoms with Gasteiger partial charge in [-0.15, -0.1) is 0 Å². The van der Waals surface area contributed by atoms with Crippen LogP contribution in [-0.2, 0) is 19.1 Å². The predicted octanol–water partition coefficient (Wildman–Crippen LogP) is 1.14. The molecule has 0 fully saturated rings. The van der Waals surface area contributed by atoms with Crippen LogP contribution in [0.2, 0.25) is 0 Å². The van der Waals surface area contributed by atoms with Gasteiger partial charge in [0.05, 0.1) is 13.7 Å². The lowest BCUT2D eigenvalue weighted by Crippen LogP contribution is -2.16. The van der Waals surface area contributed by atoms with Crippen molar-refractivity contribution in [3.05, 3.63) is 24.3 Å². The predicted molar refractivity (Wildman–Crippen MR) is 68.6 cm³/mol. The zero-order valence-electron chi connectivity index (χ0n) is 10.8. The quantitative estimate of drug-likeness (QED) is 0.453. The van der Waals surface area contributed by atoms with Crippen molar-refractivity contribution >= 4 is 17.6 Å². The number of nitrogens with two attached hydrogens (primary N) is 1. The van der Waals surface area contributed by atoms with Crippen LogP contribution >= 0.6 is 0 Å². The fourth-order valence-corrected chi connectivity index (χ4v) is 1.29. The molecule has 0 unspecified atom stereocenters. The molecule has 0 aliphatic heterocycles. The van der Waals surface area contributed by atoms with E-state index in [1.54, 1.807) is 24.3 Å². The normalized spacial score (nSPS) is 9.74. The molecule has 0 aliphatic rings. The number of carbonyl (C=O) groups is 2. The summed E-state index contributed by atoms with van der Waals surface area (Å²) in [4.78, 5) is 22.1. The Bertz CT molecular complexity index is 433. The molecule has 6 nitrogen and oxygen atoms in total. The minimum Gasteiger partial charge on any atom is -0.482 e. The van der Waals surface area contributed by atoms with Crippen LogP contribution in [0.15, 0.2) is 24.3 Å². The number of esters is 2. The molecule has 1 aromatic rings. The molecule has 0 aliphatic carbocycles. The Kier molecular flexibility index (Phi) is 6.21. The molecular formula is C13H17NO5. The molecule has 0 saturated carbocycles. The van der Waals surface area contributed by atoms with Crippen LogP contribution in [0.4, 0.5) is 5.69 Å². The highest BCUT2D eigenvalue weighted by atomic mass is 16.6. The molecule has 0 saturated heterocycles. The van der Waals surface area contributed by atoms with Gasteiger partial charge in [-0.25, -0.2) is 4.79 Å². The van der Waals surface area contributed by atoms with E-state index in [1.807, 2.05) is 0 Å². The highest BCUT2D eigenvalue weighted by molar-refractivity contribution is 5.71. The van der Waals surface area contributed by atoms with Crippen LogP contribution in [0, 0.1) is 0 Å². The van der Waals surface area contributed by atoms with Crippen LogP contribution in [0.25, 0.3) is 0 Å². The zero-order chi connectivity index (χ0) is 14.1. The number of anilines is 1. The van der Waals surface area contributed by atoms with Crippen molar-refractivity contribution in [3.63, 3.8) is 0 Å². The molecule has 0 radical (unpaired) electrons. The number of rotatable bonds is 7. The van der Waals surface area contributed by atoms with E-state index >= 15 is 0 Å². The van der Waals surface area contributed by atoms with E-state index in [-0.39, 0.29) is 25.6 Å². The first-order valence-electron chi connectivity index (χ1n) is 5.82. The average molecular weight is 267 g/mol. The summed E-state index contributed by atoms with van der Waals surface area (Å²) >= 11 is 0. The van der Waals surface area contributed by atoms with Gasteiger partial charge in [0.2, 0.25) is 0 Å². The van der Waals surface area contributed by atoms with Crippen molar-refractivity contribution in [2.24, 2.45) is 0 Å². The van der Waals surface area contributed by atoms with Crippen molar-refractivity contribution < 1.29 is 23.8 Å². The van der Waals surface area contributed by atoms with E-state index < -0.39 is 5.97 Å². The molecule has 0 bridgehead atoms. The minimum atomic E-state index is -0.493. The standard InChI is InChI=1S/C13H17NO5/c1-17-12(15)6-3-7-18-13(16)9-19-11-5-2-4-10(14)8-11/h2,4-5,8H,3,6-7,9,14H2,1H3. The number of methoxy groups -OCH3 is 1. The summed E-state index contributed by atoms with van der Waals surface area (Å²) in [7, 11) is 1.31. The highest BCUT2D eigenvalue weighted by Gasteiger charge is 2.06. The Morgan fingerprint density at radius 2 is 2.05 bits per heavy atom. The molecule has 1 rings (SSSR count). The van der Waals surface area contributed by atoms with E-state index in [4.69, 9.17) is 15.2 Å². The number of benzene rings is 1. The van der Waals surface area contributed by atoms with Crippen LogP contribution in [-0.4, -0.2) is 32.3 Å². The SMILES string of the molecule is COC(=O)CCCOC(=O)COc1cccc(N)c1. The number of nitrogen functional groups attached to an aromatic ring is 1. The van der Waals surface area contributed by atoms with Gasteiger partial charge in [0.25, 0.3) is 0 Å². The van der Waals surface area contributed by atoms with Crippen molar-refractivity contribution in [2.45, 2.75) is 12.8 Å². The van der Waals surface area contributed by atoms with Gasteiger partial charge in [-0.3, -0.25) is 4.79 Å². The molecule has 19 heavy (non-hydrogen) atoms. The highest BCUT2D eigenvalue weighted by Crippen LogP contribution is 2.14. The third-order valence-corrected chi connectivity index (χ3v) is 2.23. The molecule has 6 heteroatoms. The van der Waals surface area contributed by atoms with Gasteiger partial charge in [-0.2, -0.15) is 0 Å². The van der Waals surface area contributed by atoms with Crippen molar-refractivity contribution in [1.82, 2.24) is 0 Å². The number of hydrogen-bond acceptors (Lipinski definition) is 6. The second-order valence-corrected chi connectivity index (χ2v) is 3.76. The second-order valence-electron chi connectivity index (χ2n) is 3.76. The smallest absolute Gasteiger partial charge is 0.344 e. The van der Waals surface area contributed by atoms with Crippen molar-refractivity contribution in [1.29, 1.82) is 0 Å². The van der Waals surface area contributed by atoms with E-state index in [1.165, 1.54) is 7.11 Å². The summed E-state index contributed by atoms with van der Waals surface area (Å²) in [5.74, 6) is -0.314. The van der Waals surface area contributed by atoms with Gasteiger partial charge in [0.1, 0.15) is 5.75 Å². The monoisotopic (exact) mass is 267 g/mol. The molecule has 0 atom stereocenters. The van der Waals surface area contributed by atoms with Gasteiger partial charge in [0.15, 0.2) is 6.61 Å². The van der Waals surface area contributed by atoms with E-state index in [0.29, 0.717) is 17.9 Å².